The topological polar surface area (TPSA) is 49.4 Å². The van der Waals surface area contributed by atoms with E-state index in [2.05, 4.69) is 5.32 Å². The van der Waals surface area contributed by atoms with E-state index in [1.54, 1.807) is 18.2 Å². The summed E-state index contributed by atoms with van der Waals surface area (Å²) < 4.78 is 13.7. The number of carbonyl (C=O) groups excluding carboxylic acids is 2. The summed E-state index contributed by atoms with van der Waals surface area (Å²) >= 11 is 0. The van der Waals surface area contributed by atoms with E-state index in [1.807, 2.05) is 31.2 Å². The normalized spacial score (nSPS) is 10.3. The van der Waals surface area contributed by atoms with Gasteiger partial charge in [0, 0.05) is 37.7 Å². The molecular weight excluding hydrogens is 307 g/mol. The van der Waals surface area contributed by atoms with Gasteiger partial charge in [0.25, 0.3) is 0 Å². The van der Waals surface area contributed by atoms with E-state index in [0.29, 0.717) is 11.3 Å². The Bertz CT molecular complexity index is 714. The SMILES string of the molecule is CC(=O)N(CCC(=O)Nc1ccc(C)cc1)Cc1ccccc1F. The van der Waals surface area contributed by atoms with Crippen LogP contribution in [0.3, 0.4) is 0 Å². The lowest BCUT2D eigenvalue weighted by molar-refractivity contribution is -0.130. The second kappa shape index (κ2) is 8.24. The summed E-state index contributed by atoms with van der Waals surface area (Å²) in [6.45, 7) is 3.78. The van der Waals surface area contributed by atoms with E-state index in [0.717, 1.165) is 5.56 Å². The van der Waals surface area contributed by atoms with Crippen molar-refractivity contribution in [3.8, 4) is 0 Å². The van der Waals surface area contributed by atoms with Crippen LogP contribution >= 0.6 is 0 Å². The predicted octanol–water partition coefficient (Wildman–Crippen LogP) is 3.51. The Morgan fingerprint density at radius 1 is 1.08 bits per heavy atom. The molecule has 0 aliphatic heterocycles. The van der Waals surface area contributed by atoms with Gasteiger partial charge in [-0.3, -0.25) is 9.59 Å². The Morgan fingerprint density at radius 2 is 1.75 bits per heavy atom. The summed E-state index contributed by atoms with van der Waals surface area (Å²) in [7, 11) is 0. The van der Waals surface area contributed by atoms with Gasteiger partial charge in [-0.1, -0.05) is 35.9 Å². The fourth-order valence-electron chi connectivity index (χ4n) is 2.28. The third kappa shape index (κ3) is 5.19. The van der Waals surface area contributed by atoms with Crippen LogP contribution in [0.4, 0.5) is 10.1 Å². The minimum absolute atomic E-state index is 0.153. The second-order valence-electron chi connectivity index (χ2n) is 5.70. The quantitative estimate of drug-likeness (QED) is 0.882. The first-order chi connectivity index (χ1) is 11.5. The van der Waals surface area contributed by atoms with E-state index in [1.165, 1.54) is 17.9 Å². The van der Waals surface area contributed by atoms with Crippen molar-refractivity contribution in [3.05, 3.63) is 65.5 Å². The van der Waals surface area contributed by atoms with Gasteiger partial charge in [-0.05, 0) is 25.1 Å². The van der Waals surface area contributed by atoms with Crippen molar-refractivity contribution >= 4 is 17.5 Å². The Hall–Kier alpha value is -2.69. The van der Waals surface area contributed by atoms with E-state index in [9.17, 15) is 14.0 Å². The number of rotatable bonds is 6. The lowest BCUT2D eigenvalue weighted by atomic mass is 10.2. The molecule has 0 saturated heterocycles. The monoisotopic (exact) mass is 328 g/mol. The molecule has 0 aromatic heterocycles. The highest BCUT2D eigenvalue weighted by molar-refractivity contribution is 5.91. The lowest BCUT2D eigenvalue weighted by Crippen LogP contribution is -2.31. The Kier molecular flexibility index (Phi) is 6.07. The molecule has 2 aromatic rings. The largest absolute Gasteiger partial charge is 0.338 e. The van der Waals surface area contributed by atoms with Crippen molar-refractivity contribution in [2.24, 2.45) is 0 Å². The standard InChI is InChI=1S/C19H21FN2O2/c1-14-7-9-17(10-8-14)21-19(24)11-12-22(15(2)23)13-16-5-3-4-6-18(16)20/h3-10H,11-13H2,1-2H3,(H,21,24). The molecule has 5 heteroatoms. The summed E-state index contributed by atoms with van der Waals surface area (Å²) in [5.74, 6) is -0.729. The van der Waals surface area contributed by atoms with Gasteiger partial charge in [-0.2, -0.15) is 0 Å². The van der Waals surface area contributed by atoms with Crippen molar-refractivity contribution < 1.29 is 14.0 Å². The Balaban J connectivity index is 1.91. The minimum Gasteiger partial charge on any atom is -0.338 e. The summed E-state index contributed by atoms with van der Waals surface area (Å²) in [6, 6.07) is 13.8. The molecule has 126 valence electrons. The summed E-state index contributed by atoms with van der Waals surface area (Å²) in [5, 5.41) is 2.79. The van der Waals surface area contributed by atoms with E-state index in [4.69, 9.17) is 0 Å². The highest BCUT2D eigenvalue weighted by Gasteiger charge is 2.14. The first-order valence-electron chi connectivity index (χ1n) is 7.81. The van der Waals surface area contributed by atoms with E-state index in [-0.39, 0.29) is 37.1 Å². The van der Waals surface area contributed by atoms with Crippen LogP contribution in [0.25, 0.3) is 0 Å². The average Bonchev–Trinajstić information content (AvgIpc) is 2.55. The molecule has 0 aliphatic carbocycles. The maximum absolute atomic E-state index is 13.7. The number of benzene rings is 2. The van der Waals surface area contributed by atoms with Crippen LogP contribution in [0.1, 0.15) is 24.5 Å². The molecule has 1 N–H and O–H groups in total. The number of anilines is 1. The van der Waals surface area contributed by atoms with Crippen LogP contribution in [-0.4, -0.2) is 23.3 Å². The zero-order chi connectivity index (χ0) is 17.5. The van der Waals surface area contributed by atoms with Gasteiger partial charge in [0.2, 0.25) is 11.8 Å². The number of aryl methyl sites for hydroxylation is 1. The first-order valence-corrected chi connectivity index (χ1v) is 7.81. The molecule has 0 aliphatic rings. The molecule has 0 fully saturated rings. The average molecular weight is 328 g/mol. The summed E-state index contributed by atoms with van der Waals surface area (Å²) in [4.78, 5) is 25.2. The summed E-state index contributed by atoms with van der Waals surface area (Å²) in [5.41, 5.74) is 2.27. The number of hydrogen-bond donors (Lipinski definition) is 1. The maximum Gasteiger partial charge on any atom is 0.226 e. The smallest absolute Gasteiger partial charge is 0.226 e. The Labute approximate surface area is 141 Å². The van der Waals surface area contributed by atoms with Crippen LogP contribution in [0.2, 0.25) is 0 Å². The van der Waals surface area contributed by atoms with Crippen LogP contribution in [-0.2, 0) is 16.1 Å². The zero-order valence-electron chi connectivity index (χ0n) is 13.9. The number of halogens is 1. The van der Waals surface area contributed by atoms with Crippen LogP contribution in [0.15, 0.2) is 48.5 Å². The molecule has 0 bridgehead atoms. The fraction of sp³-hybridized carbons (Fsp3) is 0.263. The number of amides is 2. The minimum atomic E-state index is -0.354. The van der Waals surface area contributed by atoms with Gasteiger partial charge in [0.1, 0.15) is 5.82 Å². The Morgan fingerprint density at radius 3 is 2.38 bits per heavy atom. The van der Waals surface area contributed by atoms with Crippen molar-refractivity contribution in [3.63, 3.8) is 0 Å². The second-order valence-corrected chi connectivity index (χ2v) is 5.70. The molecule has 0 radical (unpaired) electrons. The van der Waals surface area contributed by atoms with Crippen molar-refractivity contribution in [2.75, 3.05) is 11.9 Å². The van der Waals surface area contributed by atoms with Gasteiger partial charge in [0.05, 0.1) is 0 Å². The molecule has 24 heavy (non-hydrogen) atoms. The van der Waals surface area contributed by atoms with Gasteiger partial charge in [-0.15, -0.1) is 0 Å². The number of carbonyl (C=O) groups is 2. The summed E-state index contributed by atoms with van der Waals surface area (Å²) in [6.07, 6.45) is 0.155. The molecule has 4 nitrogen and oxygen atoms in total. The molecule has 2 amide bonds. The maximum atomic E-state index is 13.7. The number of nitrogens with one attached hydrogen (secondary N) is 1. The van der Waals surface area contributed by atoms with Gasteiger partial charge in [-0.25, -0.2) is 4.39 Å². The number of nitrogens with zero attached hydrogens (tertiary/aromatic N) is 1. The molecular formula is C19H21FN2O2. The van der Waals surface area contributed by atoms with Crippen LogP contribution < -0.4 is 5.32 Å². The third-order valence-electron chi connectivity index (χ3n) is 3.71. The van der Waals surface area contributed by atoms with Crippen LogP contribution in [0.5, 0.6) is 0 Å². The molecule has 2 aromatic carbocycles. The molecule has 0 unspecified atom stereocenters. The van der Waals surface area contributed by atoms with Gasteiger partial charge >= 0.3 is 0 Å². The van der Waals surface area contributed by atoms with Gasteiger partial charge < -0.3 is 10.2 Å². The van der Waals surface area contributed by atoms with Gasteiger partial charge in [0.15, 0.2) is 0 Å². The zero-order valence-corrected chi connectivity index (χ0v) is 13.9. The van der Waals surface area contributed by atoms with Crippen LogP contribution in [0, 0.1) is 12.7 Å². The predicted molar refractivity (Wildman–Crippen MR) is 91.9 cm³/mol. The highest BCUT2D eigenvalue weighted by atomic mass is 19.1. The fourth-order valence-corrected chi connectivity index (χ4v) is 2.28. The molecule has 0 heterocycles. The molecule has 2 rings (SSSR count). The lowest BCUT2D eigenvalue weighted by Gasteiger charge is -2.21. The van der Waals surface area contributed by atoms with Crippen molar-refractivity contribution in [2.45, 2.75) is 26.8 Å². The van der Waals surface area contributed by atoms with E-state index >= 15 is 0 Å². The third-order valence-corrected chi connectivity index (χ3v) is 3.71. The van der Waals surface area contributed by atoms with Crippen molar-refractivity contribution in [1.29, 1.82) is 0 Å². The first kappa shape index (κ1) is 17.7. The molecule has 0 saturated carbocycles. The molecule has 0 spiro atoms. The molecule has 0 atom stereocenters. The van der Waals surface area contributed by atoms with Crippen molar-refractivity contribution in [1.82, 2.24) is 4.90 Å². The highest BCUT2D eigenvalue weighted by Crippen LogP contribution is 2.12. The van der Waals surface area contributed by atoms with E-state index < -0.39 is 0 Å². The number of hydrogen-bond acceptors (Lipinski definition) is 2.